The molecule has 0 atom stereocenters. The summed E-state index contributed by atoms with van der Waals surface area (Å²) in [6, 6.07) is 7.22. The van der Waals surface area contributed by atoms with Crippen molar-refractivity contribution in [1.82, 2.24) is 15.4 Å². The molecule has 33 heavy (non-hydrogen) atoms. The van der Waals surface area contributed by atoms with E-state index in [0.29, 0.717) is 21.5 Å². The summed E-state index contributed by atoms with van der Waals surface area (Å²) in [6.45, 7) is 12.8. The van der Waals surface area contributed by atoms with Crippen molar-refractivity contribution >= 4 is 10.8 Å². The van der Waals surface area contributed by atoms with Gasteiger partial charge in [0.25, 0.3) is 0 Å². The van der Waals surface area contributed by atoms with Gasteiger partial charge in [-0.3, -0.25) is 0 Å². The van der Waals surface area contributed by atoms with Crippen molar-refractivity contribution in [2.24, 2.45) is 0 Å². The van der Waals surface area contributed by atoms with E-state index >= 15 is 0 Å². The van der Waals surface area contributed by atoms with Crippen LogP contribution in [0.15, 0.2) is 52.6 Å². The number of rotatable bonds is 8. The number of halogens is 2. The molecule has 0 radical (unpaired) electrons. The zero-order chi connectivity index (χ0) is 23.1. The minimum Gasteiger partial charge on any atom is -0.508 e. The van der Waals surface area contributed by atoms with Crippen LogP contribution in [-0.4, -0.2) is 37.3 Å². The fraction of sp³-hybridized carbons (Fsp3) is 0.417. The Morgan fingerprint density at radius 2 is 1.18 bits per heavy atom. The molecule has 2 aliphatic heterocycles. The molecule has 3 aliphatic rings. The first-order valence-electron chi connectivity index (χ1n) is 11.1. The minimum absolute atomic E-state index is 0. The number of hydrogen-bond donors (Lipinski definition) is 0. The Morgan fingerprint density at radius 3 is 1.52 bits per heavy atom. The molecule has 6 nitrogen and oxygen atoms in total. The van der Waals surface area contributed by atoms with Crippen molar-refractivity contribution in [3.05, 3.63) is 80.8 Å². The first-order chi connectivity index (χ1) is 15.5. The van der Waals surface area contributed by atoms with Gasteiger partial charge in [0.1, 0.15) is 0 Å². The molecule has 0 saturated heterocycles. The smallest absolute Gasteiger partial charge is 0.508 e. The molecule has 0 N–H and O–H groups in total. The summed E-state index contributed by atoms with van der Waals surface area (Å²) in [4.78, 5) is 30.2. The summed E-state index contributed by atoms with van der Waals surface area (Å²) in [5.74, 6) is 0. The summed E-state index contributed by atoms with van der Waals surface area (Å²) in [6.07, 6.45) is 8.46. The molecule has 2 heterocycles. The fourth-order valence-corrected chi connectivity index (χ4v) is 8.20. The fourth-order valence-electron chi connectivity index (χ4n) is 3.30. The molecule has 0 bridgehead atoms. The van der Waals surface area contributed by atoms with Crippen LogP contribution in [0.1, 0.15) is 40.5 Å². The van der Waals surface area contributed by atoms with E-state index in [-0.39, 0.29) is 76.2 Å². The third-order valence-electron chi connectivity index (χ3n) is 4.98. The third-order valence-corrected chi connectivity index (χ3v) is 11.0. The monoisotopic (exact) mass is 859 g/mol. The molecule has 9 heteroatoms. The number of nitrogens with zero attached hydrogens (tertiary/aromatic N) is 4. The van der Waals surface area contributed by atoms with Gasteiger partial charge in [0.05, 0.1) is 0 Å². The molecular formula is C24H32AuI2N4O2-. The molecule has 1 aromatic carbocycles. The molecule has 0 unspecified atom stereocenters. The van der Waals surface area contributed by atoms with Gasteiger partial charge in [-0.15, -0.1) is 0 Å². The molecule has 1 aliphatic carbocycles. The van der Waals surface area contributed by atoms with Crippen LogP contribution >= 0.6 is 0 Å². The Balaban J connectivity index is 0.000000326. The third kappa shape index (κ3) is 6.71. The number of aromatic nitrogens is 2. The average Bonchev–Trinajstić information content (AvgIpc) is 3.45. The quantitative estimate of drug-likeness (QED) is 0.108. The van der Waals surface area contributed by atoms with E-state index in [2.05, 4.69) is 68.5 Å². The van der Waals surface area contributed by atoms with E-state index in [0.717, 1.165) is 34.8 Å². The van der Waals surface area contributed by atoms with Gasteiger partial charge in [-0.25, -0.2) is 0 Å². The molecule has 0 amide bonds. The summed E-state index contributed by atoms with van der Waals surface area (Å²) in [7, 11) is 0. The summed E-state index contributed by atoms with van der Waals surface area (Å²) < 4.78 is 6.47. The van der Waals surface area contributed by atoms with Gasteiger partial charge < -0.3 is 9.80 Å². The Hall–Kier alpha value is -0.690. The van der Waals surface area contributed by atoms with E-state index in [4.69, 9.17) is 0 Å². The summed E-state index contributed by atoms with van der Waals surface area (Å²) in [5.41, 5.74) is 0.0375. The first-order valence-corrected chi connectivity index (χ1v) is 16.1. The molecule has 0 aromatic heterocycles. The maximum Gasteiger partial charge on any atom is 3.00 e. The number of benzene rings is 1. The van der Waals surface area contributed by atoms with Crippen LogP contribution in [0.2, 0.25) is 0 Å². The van der Waals surface area contributed by atoms with E-state index in [1.807, 2.05) is 12.1 Å². The topological polar surface area (TPSA) is 50.5 Å². The van der Waals surface area contributed by atoms with Gasteiger partial charge in [-0.05, 0) is 25.5 Å². The second kappa shape index (κ2) is 14.0. The van der Waals surface area contributed by atoms with Crippen molar-refractivity contribution in [3.8, 4) is 0 Å². The second-order valence-corrected chi connectivity index (χ2v) is 12.9. The zero-order valence-electron chi connectivity index (χ0n) is 19.5. The van der Waals surface area contributed by atoms with Crippen molar-refractivity contribution < 1.29 is 65.3 Å². The van der Waals surface area contributed by atoms with Crippen LogP contribution in [0, 0.1) is 17.4 Å². The minimum atomic E-state index is -0.282. The molecule has 186 valence electrons. The predicted octanol–water partition coefficient (Wildman–Crippen LogP) is -2.64. The Labute approximate surface area is 232 Å². The van der Waals surface area contributed by atoms with Crippen LogP contribution in [0.5, 0.6) is 0 Å². The largest absolute Gasteiger partial charge is 3.00 e. The van der Waals surface area contributed by atoms with E-state index < -0.39 is 0 Å². The van der Waals surface area contributed by atoms with Gasteiger partial charge in [0.15, 0.2) is 0 Å². The number of fused-ring (bicyclic) bond motifs is 1. The molecule has 1 aromatic rings. The SMILES string of the molecule is CCC[I-]n1[cH-]n([I-]CCC)c2c(=O)c3ccccc3c(=O)c1=2.CCN1C=CN(CC)[CH-]1.[Au+3]. The molecule has 0 saturated carbocycles. The van der Waals surface area contributed by atoms with E-state index in [1.165, 1.54) is 0 Å². The molecular weight excluding hydrogens is 827 g/mol. The van der Waals surface area contributed by atoms with Gasteiger partial charge >= 0.3 is 179 Å². The standard InChI is InChI=1S/C17H19I2N2O2.C7H13N2.Au/c1-3-9-18-20-11-21(19-10-4-2)15-14(20)16(22)12-7-5-6-8-13(12)17(15)23;1-3-8-5-6-9(4-2)7-8;/h5-8,11H,3-4,9-10H2,1-2H3;5-7H,3-4H2,1-2H3;/q-3;-1;+3. The van der Waals surface area contributed by atoms with Crippen molar-refractivity contribution in [2.45, 2.75) is 40.5 Å². The van der Waals surface area contributed by atoms with Gasteiger partial charge in [-0.1, -0.05) is 13.8 Å². The van der Waals surface area contributed by atoms with Crippen LogP contribution in [0.25, 0.3) is 10.8 Å². The van der Waals surface area contributed by atoms with Crippen LogP contribution in [-0.2, 0) is 22.4 Å². The molecule has 4 rings (SSSR count). The van der Waals surface area contributed by atoms with Crippen molar-refractivity contribution in [3.63, 3.8) is 0 Å². The predicted molar refractivity (Wildman–Crippen MR) is 123 cm³/mol. The van der Waals surface area contributed by atoms with E-state index in [1.54, 1.807) is 12.1 Å². The first kappa shape index (κ1) is 28.5. The zero-order valence-corrected chi connectivity index (χ0v) is 26.0. The normalized spacial score (nSPS) is 13.1. The van der Waals surface area contributed by atoms with Crippen molar-refractivity contribution in [1.29, 1.82) is 0 Å². The van der Waals surface area contributed by atoms with Gasteiger partial charge in [0.2, 0.25) is 0 Å². The summed E-state index contributed by atoms with van der Waals surface area (Å²) >= 11 is -0.564. The van der Waals surface area contributed by atoms with Crippen LogP contribution in [0.3, 0.4) is 0 Å². The average molecular weight is 859 g/mol. The maximum atomic E-state index is 13.0. The van der Waals surface area contributed by atoms with Crippen LogP contribution < -0.4 is 53.8 Å². The summed E-state index contributed by atoms with van der Waals surface area (Å²) in [5, 5.41) is 2.41. The maximum absolute atomic E-state index is 13.0. The molecule has 0 fully saturated rings. The second-order valence-electron chi connectivity index (χ2n) is 7.33. The van der Waals surface area contributed by atoms with Gasteiger partial charge in [-0.2, -0.15) is 6.67 Å². The van der Waals surface area contributed by atoms with Crippen molar-refractivity contribution in [2.75, 3.05) is 21.9 Å². The Morgan fingerprint density at radius 1 is 0.758 bits per heavy atom. The number of hydrogen-bond acceptors (Lipinski definition) is 4. The molecule has 0 spiro atoms. The van der Waals surface area contributed by atoms with Crippen LogP contribution in [0.4, 0.5) is 0 Å². The Bertz CT molecular complexity index is 1140. The Kier molecular flexibility index (Phi) is 12.1. The van der Waals surface area contributed by atoms with Gasteiger partial charge in [0, 0.05) is 0 Å². The van der Waals surface area contributed by atoms with E-state index in [9.17, 15) is 9.59 Å². The number of alkyl halides is 2.